The molecule has 1 aliphatic rings. The van der Waals surface area contributed by atoms with Crippen molar-refractivity contribution in [3.8, 4) is 0 Å². The normalized spacial score (nSPS) is 17.8. The first-order valence-corrected chi connectivity index (χ1v) is 7.17. The van der Waals surface area contributed by atoms with Gasteiger partial charge in [0.15, 0.2) is 0 Å². The molecule has 2 rings (SSSR count). The zero-order valence-corrected chi connectivity index (χ0v) is 10.8. The van der Waals surface area contributed by atoms with Gasteiger partial charge in [-0.25, -0.2) is 13.2 Å². The number of aromatic amines is 1. The summed E-state index contributed by atoms with van der Waals surface area (Å²) in [5.74, 6) is -1.28. The molecule has 0 saturated carbocycles. The third-order valence-corrected chi connectivity index (χ3v) is 4.86. The quantitative estimate of drug-likeness (QED) is 0.839. The lowest BCUT2D eigenvalue weighted by Gasteiger charge is -2.24. The van der Waals surface area contributed by atoms with Crippen LogP contribution >= 0.6 is 0 Å². The van der Waals surface area contributed by atoms with E-state index in [0.29, 0.717) is 13.1 Å². The van der Waals surface area contributed by atoms with E-state index in [9.17, 15) is 13.2 Å². The first kappa shape index (κ1) is 13.0. The van der Waals surface area contributed by atoms with Crippen molar-refractivity contribution in [2.75, 3.05) is 13.1 Å². The van der Waals surface area contributed by atoms with Crippen LogP contribution < -0.4 is 0 Å². The third-order valence-electron chi connectivity index (χ3n) is 3.03. The summed E-state index contributed by atoms with van der Waals surface area (Å²) in [7, 11) is -3.81. The topological polar surface area (TPSA) is 103 Å². The van der Waals surface area contributed by atoms with Gasteiger partial charge in [-0.2, -0.15) is 9.40 Å². The number of hydrogen-bond donors (Lipinski definition) is 2. The van der Waals surface area contributed by atoms with Crippen LogP contribution in [-0.2, 0) is 10.0 Å². The molecule has 2 heterocycles. The Bertz CT molecular complexity index is 558. The van der Waals surface area contributed by atoms with E-state index in [1.54, 1.807) is 0 Å². The Morgan fingerprint density at radius 1 is 1.33 bits per heavy atom. The molecule has 0 bridgehead atoms. The molecule has 0 radical (unpaired) electrons. The minimum atomic E-state index is -3.81. The molecule has 2 N–H and O–H groups in total. The molecule has 1 aromatic heterocycles. The Morgan fingerprint density at radius 2 is 1.94 bits per heavy atom. The molecule has 18 heavy (non-hydrogen) atoms. The lowest BCUT2D eigenvalue weighted by Crippen LogP contribution is -2.36. The number of nitrogens with one attached hydrogen (secondary N) is 1. The standard InChI is InChI=1S/C10H15N3O4S/c1-7-8(10(14)15)9(12-11-7)18(16,17)13-5-3-2-4-6-13/h2-6H2,1H3,(H,11,12)(H,14,15). The zero-order chi connectivity index (χ0) is 13.3. The lowest BCUT2D eigenvalue weighted by molar-refractivity contribution is 0.0691. The van der Waals surface area contributed by atoms with Crippen molar-refractivity contribution in [1.82, 2.24) is 14.5 Å². The molecule has 0 amide bonds. The molecule has 100 valence electrons. The van der Waals surface area contributed by atoms with Crippen molar-refractivity contribution in [2.24, 2.45) is 0 Å². The molecule has 7 nitrogen and oxygen atoms in total. The van der Waals surface area contributed by atoms with Gasteiger partial charge in [-0.05, 0) is 19.8 Å². The number of aromatic nitrogens is 2. The van der Waals surface area contributed by atoms with Crippen molar-refractivity contribution in [1.29, 1.82) is 0 Å². The number of carboxylic acids is 1. The molecule has 0 aliphatic carbocycles. The first-order valence-electron chi connectivity index (χ1n) is 5.73. The number of nitrogens with zero attached hydrogens (tertiary/aromatic N) is 2. The highest BCUT2D eigenvalue weighted by Crippen LogP contribution is 2.23. The van der Waals surface area contributed by atoms with Crippen LogP contribution in [0.3, 0.4) is 0 Å². The van der Waals surface area contributed by atoms with Gasteiger partial charge in [0.05, 0.1) is 0 Å². The van der Waals surface area contributed by atoms with E-state index in [2.05, 4.69) is 10.2 Å². The van der Waals surface area contributed by atoms with E-state index >= 15 is 0 Å². The summed E-state index contributed by atoms with van der Waals surface area (Å²) in [6, 6.07) is 0. The summed E-state index contributed by atoms with van der Waals surface area (Å²) in [5, 5.41) is 14.7. The molecule has 0 spiro atoms. The van der Waals surface area contributed by atoms with E-state index in [1.165, 1.54) is 11.2 Å². The van der Waals surface area contributed by atoms with Crippen LogP contribution in [0, 0.1) is 6.92 Å². The van der Waals surface area contributed by atoms with Crippen LogP contribution in [0.1, 0.15) is 35.3 Å². The van der Waals surface area contributed by atoms with Crippen molar-refractivity contribution in [3.63, 3.8) is 0 Å². The molecule has 0 aromatic carbocycles. The van der Waals surface area contributed by atoms with Gasteiger partial charge < -0.3 is 5.11 Å². The van der Waals surface area contributed by atoms with Gasteiger partial charge in [0.25, 0.3) is 10.0 Å². The minimum absolute atomic E-state index is 0.248. The van der Waals surface area contributed by atoms with E-state index in [1.807, 2.05) is 0 Å². The van der Waals surface area contributed by atoms with E-state index in [-0.39, 0.29) is 16.3 Å². The number of H-pyrrole nitrogens is 1. The van der Waals surface area contributed by atoms with Crippen LogP contribution in [0.25, 0.3) is 0 Å². The Labute approximate surface area is 105 Å². The van der Waals surface area contributed by atoms with Crippen LogP contribution in [0.2, 0.25) is 0 Å². The number of piperidine rings is 1. The van der Waals surface area contributed by atoms with Crippen LogP contribution in [-0.4, -0.2) is 47.1 Å². The average molecular weight is 273 g/mol. The predicted molar refractivity (Wildman–Crippen MR) is 62.9 cm³/mol. The fourth-order valence-electron chi connectivity index (χ4n) is 2.07. The molecule has 0 atom stereocenters. The summed E-state index contributed by atoms with van der Waals surface area (Å²) in [6.07, 6.45) is 2.59. The molecular weight excluding hydrogens is 258 g/mol. The zero-order valence-electron chi connectivity index (χ0n) is 10.0. The van der Waals surface area contributed by atoms with Gasteiger partial charge in [0.1, 0.15) is 5.56 Å². The Morgan fingerprint density at radius 3 is 2.50 bits per heavy atom. The van der Waals surface area contributed by atoms with E-state index in [4.69, 9.17) is 5.11 Å². The van der Waals surface area contributed by atoms with Crippen molar-refractivity contribution >= 4 is 16.0 Å². The molecule has 1 aliphatic heterocycles. The van der Waals surface area contributed by atoms with Crippen molar-refractivity contribution < 1.29 is 18.3 Å². The maximum absolute atomic E-state index is 12.3. The number of rotatable bonds is 3. The number of aryl methyl sites for hydroxylation is 1. The fraction of sp³-hybridized carbons (Fsp3) is 0.600. The predicted octanol–water partition coefficient (Wildman–Crippen LogP) is 0.591. The second kappa shape index (κ2) is 4.69. The van der Waals surface area contributed by atoms with Gasteiger partial charge in [0.2, 0.25) is 5.03 Å². The smallest absolute Gasteiger partial charge is 0.340 e. The van der Waals surface area contributed by atoms with Crippen LogP contribution in [0.5, 0.6) is 0 Å². The molecular formula is C10H15N3O4S. The molecule has 0 unspecified atom stereocenters. The van der Waals surface area contributed by atoms with Gasteiger partial charge in [0, 0.05) is 18.8 Å². The highest BCUT2D eigenvalue weighted by atomic mass is 32.2. The fourth-order valence-corrected chi connectivity index (χ4v) is 3.72. The molecule has 1 aromatic rings. The monoisotopic (exact) mass is 273 g/mol. The van der Waals surface area contributed by atoms with Crippen LogP contribution in [0.4, 0.5) is 0 Å². The largest absolute Gasteiger partial charge is 0.478 e. The van der Waals surface area contributed by atoms with Crippen molar-refractivity contribution in [3.05, 3.63) is 11.3 Å². The number of carboxylic acid groups (broad SMARTS) is 1. The summed E-state index contributed by atoms with van der Waals surface area (Å²) in [4.78, 5) is 11.1. The SMILES string of the molecule is Cc1[nH]nc(S(=O)(=O)N2CCCCC2)c1C(=O)O. The highest BCUT2D eigenvalue weighted by Gasteiger charge is 2.33. The maximum Gasteiger partial charge on any atom is 0.340 e. The summed E-state index contributed by atoms with van der Waals surface area (Å²) in [5.41, 5.74) is -0.0151. The average Bonchev–Trinajstić information content (AvgIpc) is 2.73. The maximum atomic E-state index is 12.3. The van der Waals surface area contributed by atoms with Crippen molar-refractivity contribution in [2.45, 2.75) is 31.2 Å². The van der Waals surface area contributed by atoms with Crippen LogP contribution in [0.15, 0.2) is 5.03 Å². The van der Waals surface area contributed by atoms with Gasteiger partial charge in [-0.1, -0.05) is 6.42 Å². The number of aromatic carboxylic acids is 1. The highest BCUT2D eigenvalue weighted by molar-refractivity contribution is 7.89. The number of carbonyl (C=O) groups is 1. The molecule has 1 saturated heterocycles. The minimum Gasteiger partial charge on any atom is -0.478 e. The van der Waals surface area contributed by atoms with E-state index in [0.717, 1.165) is 19.3 Å². The number of sulfonamides is 1. The molecule has 8 heteroatoms. The second-order valence-electron chi connectivity index (χ2n) is 4.30. The third kappa shape index (κ3) is 2.13. The Balaban J connectivity index is 2.44. The number of hydrogen-bond acceptors (Lipinski definition) is 4. The van der Waals surface area contributed by atoms with Gasteiger partial charge >= 0.3 is 5.97 Å². The molecule has 1 fully saturated rings. The van der Waals surface area contributed by atoms with Gasteiger partial charge in [-0.3, -0.25) is 5.10 Å². The lowest BCUT2D eigenvalue weighted by atomic mass is 10.2. The van der Waals surface area contributed by atoms with Gasteiger partial charge in [-0.15, -0.1) is 0 Å². The second-order valence-corrected chi connectivity index (χ2v) is 6.15. The Hall–Kier alpha value is -1.41. The first-order chi connectivity index (χ1) is 8.44. The Kier molecular flexibility index (Phi) is 3.40. The summed E-state index contributed by atoms with van der Waals surface area (Å²) < 4.78 is 25.9. The van der Waals surface area contributed by atoms with E-state index < -0.39 is 16.0 Å². The summed E-state index contributed by atoms with van der Waals surface area (Å²) >= 11 is 0. The summed E-state index contributed by atoms with van der Waals surface area (Å²) in [6.45, 7) is 2.34.